The number of hydrogen-bond donors (Lipinski definition) is 1. The van der Waals surface area contributed by atoms with E-state index in [0.717, 1.165) is 36.0 Å². The molecule has 0 aliphatic rings. The summed E-state index contributed by atoms with van der Waals surface area (Å²) < 4.78 is 14.3. The highest BCUT2D eigenvalue weighted by Crippen LogP contribution is 2.24. The summed E-state index contributed by atoms with van der Waals surface area (Å²) in [5, 5.41) is 3.46. The van der Waals surface area contributed by atoms with Crippen molar-refractivity contribution in [3.8, 4) is 0 Å². The van der Waals surface area contributed by atoms with Crippen LogP contribution in [0.3, 0.4) is 0 Å². The summed E-state index contributed by atoms with van der Waals surface area (Å²) in [4.78, 5) is 0. The molecular formula is C15H23BrFN. The SMILES string of the molecule is CCCNCC(Cc1cc(F)ccc1Br)C(C)C. The van der Waals surface area contributed by atoms with Crippen LogP contribution in [-0.4, -0.2) is 13.1 Å². The molecule has 0 fully saturated rings. The predicted molar refractivity (Wildman–Crippen MR) is 79.3 cm³/mol. The third kappa shape index (κ3) is 5.07. The van der Waals surface area contributed by atoms with E-state index in [1.165, 1.54) is 6.07 Å². The van der Waals surface area contributed by atoms with E-state index < -0.39 is 0 Å². The number of hydrogen-bond acceptors (Lipinski definition) is 1. The molecule has 0 saturated heterocycles. The molecular weight excluding hydrogens is 293 g/mol. The van der Waals surface area contributed by atoms with Crippen molar-refractivity contribution < 1.29 is 4.39 Å². The number of benzene rings is 1. The summed E-state index contributed by atoms with van der Waals surface area (Å²) in [5.74, 6) is 0.969. The van der Waals surface area contributed by atoms with Crippen molar-refractivity contribution in [2.24, 2.45) is 11.8 Å². The molecule has 1 unspecified atom stereocenters. The molecule has 102 valence electrons. The second kappa shape index (κ2) is 7.90. The summed E-state index contributed by atoms with van der Waals surface area (Å²) in [5.41, 5.74) is 1.06. The van der Waals surface area contributed by atoms with Gasteiger partial charge in [-0.15, -0.1) is 0 Å². The van der Waals surface area contributed by atoms with E-state index in [4.69, 9.17) is 0 Å². The molecule has 0 heterocycles. The largest absolute Gasteiger partial charge is 0.316 e. The van der Waals surface area contributed by atoms with Gasteiger partial charge in [-0.3, -0.25) is 0 Å². The van der Waals surface area contributed by atoms with Gasteiger partial charge >= 0.3 is 0 Å². The average molecular weight is 316 g/mol. The molecule has 1 atom stereocenters. The van der Waals surface area contributed by atoms with Crippen LogP contribution in [0.15, 0.2) is 22.7 Å². The van der Waals surface area contributed by atoms with Crippen molar-refractivity contribution >= 4 is 15.9 Å². The minimum atomic E-state index is -0.155. The third-order valence-electron chi connectivity index (χ3n) is 3.27. The standard InChI is InChI=1S/C15H23BrFN/c1-4-7-18-10-13(11(2)3)8-12-9-14(17)5-6-15(12)16/h5-6,9,11,13,18H,4,7-8,10H2,1-3H3. The van der Waals surface area contributed by atoms with Gasteiger partial charge in [0.05, 0.1) is 0 Å². The number of nitrogens with one attached hydrogen (secondary N) is 1. The van der Waals surface area contributed by atoms with Crippen LogP contribution in [0.4, 0.5) is 4.39 Å². The van der Waals surface area contributed by atoms with Gasteiger partial charge in [0, 0.05) is 4.47 Å². The molecule has 0 aliphatic carbocycles. The van der Waals surface area contributed by atoms with Gasteiger partial charge in [0.2, 0.25) is 0 Å². The maximum atomic E-state index is 13.3. The van der Waals surface area contributed by atoms with Gasteiger partial charge in [-0.1, -0.05) is 36.7 Å². The second-order valence-electron chi connectivity index (χ2n) is 5.15. The average Bonchev–Trinajstić information content (AvgIpc) is 2.32. The molecule has 18 heavy (non-hydrogen) atoms. The lowest BCUT2D eigenvalue weighted by atomic mass is 9.89. The van der Waals surface area contributed by atoms with E-state index in [2.05, 4.69) is 42.0 Å². The van der Waals surface area contributed by atoms with E-state index in [1.54, 1.807) is 12.1 Å². The van der Waals surface area contributed by atoms with Crippen LogP contribution in [0.2, 0.25) is 0 Å². The zero-order chi connectivity index (χ0) is 13.5. The Balaban J connectivity index is 2.67. The van der Waals surface area contributed by atoms with Crippen molar-refractivity contribution in [2.75, 3.05) is 13.1 Å². The highest BCUT2D eigenvalue weighted by atomic mass is 79.9. The van der Waals surface area contributed by atoms with Crippen molar-refractivity contribution in [2.45, 2.75) is 33.6 Å². The molecule has 0 aliphatic heterocycles. The Morgan fingerprint density at radius 2 is 2.06 bits per heavy atom. The molecule has 1 aromatic carbocycles. The van der Waals surface area contributed by atoms with E-state index in [0.29, 0.717) is 11.8 Å². The molecule has 0 amide bonds. The smallest absolute Gasteiger partial charge is 0.123 e. The fraction of sp³-hybridized carbons (Fsp3) is 0.600. The molecule has 3 heteroatoms. The van der Waals surface area contributed by atoms with Crippen molar-refractivity contribution in [1.82, 2.24) is 5.32 Å². The van der Waals surface area contributed by atoms with Crippen LogP contribution in [0, 0.1) is 17.7 Å². The third-order valence-corrected chi connectivity index (χ3v) is 4.04. The Morgan fingerprint density at radius 1 is 1.33 bits per heavy atom. The van der Waals surface area contributed by atoms with Crippen LogP contribution in [0.1, 0.15) is 32.8 Å². The molecule has 1 aromatic rings. The van der Waals surface area contributed by atoms with Crippen LogP contribution < -0.4 is 5.32 Å². The van der Waals surface area contributed by atoms with Gasteiger partial charge < -0.3 is 5.32 Å². The Labute approximate surface area is 118 Å². The maximum absolute atomic E-state index is 13.3. The summed E-state index contributed by atoms with van der Waals surface area (Å²) in [6, 6.07) is 4.92. The Kier molecular flexibility index (Phi) is 6.87. The first-order chi connectivity index (χ1) is 8.54. The minimum Gasteiger partial charge on any atom is -0.316 e. The van der Waals surface area contributed by atoms with Crippen LogP contribution >= 0.6 is 15.9 Å². The fourth-order valence-electron chi connectivity index (χ4n) is 1.99. The van der Waals surface area contributed by atoms with E-state index >= 15 is 0 Å². The highest BCUT2D eigenvalue weighted by molar-refractivity contribution is 9.10. The fourth-order valence-corrected chi connectivity index (χ4v) is 2.40. The van der Waals surface area contributed by atoms with Gasteiger partial charge in [-0.25, -0.2) is 4.39 Å². The quantitative estimate of drug-likeness (QED) is 0.735. The van der Waals surface area contributed by atoms with Gasteiger partial charge in [-0.05, 0) is 61.5 Å². The number of halogens is 2. The maximum Gasteiger partial charge on any atom is 0.123 e. The first kappa shape index (κ1) is 15.6. The zero-order valence-electron chi connectivity index (χ0n) is 11.5. The molecule has 0 saturated carbocycles. The highest BCUT2D eigenvalue weighted by Gasteiger charge is 2.15. The van der Waals surface area contributed by atoms with Gasteiger partial charge in [0.15, 0.2) is 0 Å². The van der Waals surface area contributed by atoms with E-state index in [1.807, 2.05) is 0 Å². The Bertz CT molecular complexity index is 366. The Hall–Kier alpha value is -0.410. The molecule has 1 nitrogen and oxygen atoms in total. The predicted octanol–water partition coefficient (Wildman–Crippen LogP) is 4.40. The lowest BCUT2D eigenvalue weighted by Gasteiger charge is -2.22. The molecule has 0 bridgehead atoms. The normalized spacial score (nSPS) is 13.0. The van der Waals surface area contributed by atoms with Gasteiger partial charge in [0.1, 0.15) is 5.82 Å². The molecule has 1 N–H and O–H groups in total. The van der Waals surface area contributed by atoms with Gasteiger partial charge in [0.25, 0.3) is 0 Å². The molecule has 0 radical (unpaired) electrons. The minimum absolute atomic E-state index is 0.155. The monoisotopic (exact) mass is 315 g/mol. The second-order valence-corrected chi connectivity index (χ2v) is 6.00. The Morgan fingerprint density at radius 3 is 2.67 bits per heavy atom. The summed E-state index contributed by atoms with van der Waals surface area (Å²) >= 11 is 3.50. The van der Waals surface area contributed by atoms with Crippen LogP contribution in [0.25, 0.3) is 0 Å². The first-order valence-corrected chi connectivity index (χ1v) is 7.48. The van der Waals surface area contributed by atoms with Gasteiger partial charge in [-0.2, -0.15) is 0 Å². The zero-order valence-corrected chi connectivity index (χ0v) is 13.1. The van der Waals surface area contributed by atoms with Crippen LogP contribution in [-0.2, 0) is 6.42 Å². The summed E-state index contributed by atoms with van der Waals surface area (Å²) in [7, 11) is 0. The molecule has 0 spiro atoms. The molecule has 1 rings (SSSR count). The summed E-state index contributed by atoms with van der Waals surface area (Å²) in [6.07, 6.45) is 2.06. The lowest BCUT2D eigenvalue weighted by molar-refractivity contribution is 0.360. The van der Waals surface area contributed by atoms with E-state index in [-0.39, 0.29) is 5.82 Å². The lowest BCUT2D eigenvalue weighted by Crippen LogP contribution is -2.28. The first-order valence-electron chi connectivity index (χ1n) is 6.69. The topological polar surface area (TPSA) is 12.0 Å². The molecule has 0 aromatic heterocycles. The van der Waals surface area contributed by atoms with Crippen molar-refractivity contribution in [1.29, 1.82) is 0 Å². The van der Waals surface area contributed by atoms with E-state index in [9.17, 15) is 4.39 Å². The van der Waals surface area contributed by atoms with Crippen LogP contribution in [0.5, 0.6) is 0 Å². The van der Waals surface area contributed by atoms with Crippen molar-refractivity contribution in [3.05, 3.63) is 34.1 Å². The van der Waals surface area contributed by atoms with Crippen molar-refractivity contribution in [3.63, 3.8) is 0 Å². The number of rotatable bonds is 7. The summed E-state index contributed by atoms with van der Waals surface area (Å²) in [6.45, 7) is 8.67.